The quantitative estimate of drug-likeness (QED) is 0.670. The fourth-order valence-corrected chi connectivity index (χ4v) is 1.75. The zero-order valence-corrected chi connectivity index (χ0v) is 13.7. The van der Waals surface area contributed by atoms with Crippen molar-refractivity contribution in [2.45, 2.75) is 32.2 Å². The maximum Gasteiger partial charge on any atom is 0.411 e. The lowest BCUT2D eigenvalue weighted by Crippen LogP contribution is -2.23. The molecule has 0 saturated carbocycles. The van der Waals surface area contributed by atoms with Crippen LogP contribution in [-0.4, -0.2) is 32.3 Å². The highest BCUT2D eigenvalue weighted by atomic mass is 35.5. The van der Waals surface area contributed by atoms with Crippen molar-refractivity contribution in [2.24, 2.45) is 0 Å². The average molecular weight is 355 g/mol. The predicted molar refractivity (Wildman–Crippen MR) is 84.4 cm³/mol. The van der Waals surface area contributed by atoms with Gasteiger partial charge < -0.3 is 15.4 Å². The van der Waals surface area contributed by atoms with Crippen molar-refractivity contribution in [1.29, 1.82) is 0 Å². The van der Waals surface area contributed by atoms with Crippen molar-refractivity contribution < 1.29 is 22.7 Å². The Bertz CT molecular complexity index is 453. The third kappa shape index (κ3) is 11.0. The zero-order valence-electron chi connectivity index (χ0n) is 12.9. The summed E-state index contributed by atoms with van der Waals surface area (Å²) < 4.78 is 40.4. The summed E-state index contributed by atoms with van der Waals surface area (Å²) in [5.74, 6) is -0.0205. The molecule has 4 nitrogen and oxygen atoms in total. The summed E-state index contributed by atoms with van der Waals surface area (Å²) in [5.41, 5.74) is 1.55. The minimum Gasteiger partial charge on any atom is -0.367 e. The van der Waals surface area contributed by atoms with Gasteiger partial charge in [0.2, 0.25) is 5.91 Å². The molecule has 0 aromatic heterocycles. The maximum absolute atomic E-state index is 11.9. The molecule has 0 fully saturated rings. The van der Waals surface area contributed by atoms with Gasteiger partial charge in [0.25, 0.3) is 0 Å². The maximum atomic E-state index is 11.9. The topological polar surface area (TPSA) is 50.4 Å². The third-order valence-corrected chi connectivity index (χ3v) is 2.88. The van der Waals surface area contributed by atoms with Crippen LogP contribution in [0.4, 0.5) is 13.2 Å². The van der Waals surface area contributed by atoms with Crippen molar-refractivity contribution in [3.63, 3.8) is 0 Å². The second-order valence-corrected chi connectivity index (χ2v) is 4.91. The molecule has 1 amide bonds. The molecule has 0 aliphatic heterocycles. The van der Waals surface area contributed by atoms with E-state index in [4.69, 9.17) is 0 Å². The highest BCUT2D eigenvalue weighted by Crippen LogP contribution is 2.15. The summed E-state index contributed by atoms with van der Waals surface area (Å²) in [6.07, 6.45) is -3.07. The zero-order chi connectivity index (χ0) is 16.4. The van der Waals surface area contributed by atoms with Crippen LogP contribution in [0.1, 0.15) is 24.0 Å². The molecule has 1 aromatic rings. The molecule has 0 spiro atoms. The number of nitrogens with one attached hydrogen (secondary N) is 2. The summed E-state index contributed by atoms with van der Waals surface area (Å²) in [6, 6.07) is 6.91. The normalized spacial score (nSPS) is 11.0. The van der Waals surface area contributed by atoms with Crippen LogP contribution in [0.5, 0.6) is 0 Å². The van der Waals surface area contributed by atoms with Crippen LogP contribution < -0.4 is 10.6 Å². The summed E-state index contributed by atoms with van der Waals surface area (Å²) in [5, 5.41) is 5.76. The third-order valence-electron chi connectivity index (χ3n) is 2.88. The van der Waals surface area contributed by atoms with Crippen LogP contribution in [-0.2, 0) is 22.7 Å². The molecular formula is C15H22ClF3N2O2. The number of hydrogen-bond donors (Lipinski definition) is 2. The molecule has 0 atom stereocenters. The summed E-state index contributed by atoms with van der Waals surface area (Å²) in [7, 11) is 1.83. The minimum atomic E-state index is -4.31. The Balaban J connectivity index is 0.00000484. The van der Waals surface area contributed by atoms with E-state index in [1.165, 1.54) is 0 Å². The molecule has 0 saturated heterocycles. The summed E-state index contributed by atoms with van der Waals surface area (Å²) in [4.78, 5) is 11.5. The van der Waals surface area contributed by atoms with Crippen molar-refractivity contribution in [3.8, 4) is 0 Å². The van der Waals surface area contributed by atoms with Crippen LogP contribution in [0.15, 0.2) is 24.3 Å². The first-order valence-corrected chi connectivity index (χ1v) is 7.04. The largest absolute Gasteiger partial charge is 0.411 e. The van der Waals surface area contributed by atoms with Gasteiger partial charge in [0, 0.05) is 13.0 Å². The number of carbonyl (C=O) groups excluding carboxylic acids is 1. The highest BCUT2D eigenvalue weighted by Gasteiger charge is 2.27. The second kappa shape index (κ2) is 11.3. The fraction of sp³-hybridized carbons (Fsp3) is 0.533. The van der Waals surface area contributed by atoms with E-state index in [2.05, 4.69) is 15.4 Å². The van der Waals surface area contributed by atoms with E-state index in [0.29, 0.717) is 18.5 Å². The van der Waals surface area contributed by atoms with E-state index in [0.717, 1.165) is 18.5 Å². The lowest BCUT2D eigenvalue weighted by Gasteiger charge is -2.09. The molecule has 2 N–H and O–H groups in total. The fourth-order valence-electron chi connectivity index (χ4n) is 1.75. The van der Waals surface area contributed by atoms with Crippen LogP contribution >= 0.6 is 12.4 Å². The highest BCUT2D eigenvalue weighted by molar-refractivity contribution is 5.85. The smallest absolute Gasteiger partial charge is 0.367 e. The van der Waals surface area contributed by atoms with E-state index in [9.17, 15) is 18.0 Å². The van der Waals surface area contributed by atoms with Crippen molar-refractivity contribution in [1.82, 2.24) is 10.6 Å². The molecule has 23 heavy (non-hydrogen) atoms. The van der Waals surface area contributed by atoms with Gasteiger partial charge in [0.15, 0.2) is 0 Å². The summed E-state index contributed by atoms with van der Waals surface area (Å²) in [6.45, 7) is -0.143. The first-order chi connectivity index (χ1) is 10.4. The molecule has 132 valence electrons. The molecule has 0 aliphatic rings. The molecular weight excluding hydrogens is 333 g/mol. The molecule has 0 bridgehead atoms. The number of ether oxygens (including phenoxy) is 1. The lowest BCUT2D eigenvalue weighted by atomic mass is 10.1. The Morgan fingerprint density at radius 2 is 1.78 bits per heavy atom. The molecule has 0 radical (unpaired) electrons. The first-order valence-electron chi connectivity index (χ1n) is 7.04. The van der Waals surface area contributed by atoms with E-state index >= 15 is 0 Å². The van der Waals surface area contributed by atoms with E-state index in [1.54, 1.807) is 24.3 Å². The van der Waals surface area contributed by atoms with Gasteiger partial charge in [-0.15, -0.1) is 12.4 Å². The number of carbonyl (C=O) groups is 1. The number of amides is 1. The molecule has 0 unspecified atom stereocenters. The standard InChI is InChI=1S/C15H21F3N2O2.ClH/c1-19-8-2-3-14(21)20-9-12-4-6-13(7-5-12)10-22-11-15(16,17)18;/h4-7,19H,2-3,8-11H2,1H3,(H,20,21);1H. The number of hydrogen-bond acceptors (Lipinski definition) is 3. The van der Waals surface area contributed by atoms with Gasteiger partial charge in [-0.05, 0) is 31.1 Å². The number of alkyl halides is 3. The van der Waals surface area contributed by atoms with Crippen LogP contribution in [0.25, 0.3) is 0 Å². The van der Waals surface area contributed by atoms with Gasteiger partial charge in [-0.2, -0.15) is 13.2 Å². The Kier molecular flexibility index (Phi) is 10.6. The Hall–Kier alpha value is -1.31. The lowest BCUT2D eigenvalue weighted by molar-refractivity contribution is -0.176. The molecule has 0 aliphatic carbocycles. The van der Waals surface area contributed by atoms with Gasteiger partial charge >= 0.3 is 6.18 Å². The SMILES string of the molecule is CNCCCC(=O)NCc1ccc(COCC(F)(F)F)cc1.Cl. The minimum absolute atomic E-state index is 0. The molecule has 1 rings (SSSR count). The van der Waals surface area contributed by atoms with Gasteiger partial charge in [-0.25, -0.2) is 0 Å². The van der Waals surface area contributed by atoms with E-state index < -0.39 is 12.8 Å². The predicted octanol–water partition coefficient (Wildman–Crippen LogP) is 2.80. The molecule has 1 aromatic carbocycles. The van der Waals surface area contributed by atoms with Crippen molar-refractivity contribution in [3.05, 3.63) is 35.4 Å². The van der Waals surface area contributed by atoms with E-state index in [-0.39, 0.29) is 24.9 Å². The van der Waals surface area contributed by atoms with Crippen molar-refractivity contribution >= 4 is 18.3 Å². The molecule has 8 heteroatoms. The Labute approximate surface area is 140 Å². The number of halogens is 4. The van der Waals surface area contributed by atoms with Gasteiger partial charge in [0.1, 0.15) is 6.61 Å². The monoisotopic (exact) mass is 354 g/mol. The summed E-state index contributed by atoms with van der Waals surface area (Å²) >= 11 is 0. The Morgan fingerprint density at radius 3 is 2.35 bits per heavy atom. The molecule has 0 heterocycles. The van der Waals surface area contributed by atoms with Crippen molar-refractivity contribution in [2.75, 3.05) is 20.2 Å². The first kappa shape index (κ1) is 21.7. The number of rotatable bonds is 9. The van der Waals surface area contributed by atoms with Gasteiger partial charge in [-0.3, -0.25) is 4.79 Å². The van der Waals surface area contributed by atoms with Gasteiger partial charge in [-0.1, -0.05) is 24.3 Å². The second-order valence-electron chi connectivity index (χ2n) is 4.91. The van der Waals surface area contributed by atoms with Crippen LogP contribution in [0.3, 0.4) is 0 Å². The van der Waals surface area contributed by atoms with Crippen LogP contribution in [0, 0.1) is 0 Å². The van der Waals surface area contributed by atoms with Gasteiger partial charge in [0.05, 0.1) is 6.61 Å². The van der Waals surface area contributed by atoms with E-state index in [1.807, 2.05) is 7.05 Å². The number of benzene rings is 1. The average Bonchev–Trinajstić information content (AvgIpc) is 2.45. The Morgan fingerprint density at radius 1 is 1.17 bits per heavy atom. The van der Waals surface area contributed by atoms with Crippen LogP contribution in [0.2, 0.25) is 0 Å².